The molecule has 180 valence electrons. The van der Waals surface area contributed by atoms with Crippen LogP contribution in [-0.2, 0) is 14.3 Å². The van der Waals surface area contributed by atoms with Crippen LogP contribution in [0.4, 0.5) is 0 Å². The molecule has 6 heteroatoms. The maximum atomic E-state index is 12.3. The third kappa shape index (κ3) is 20.5. The minimum absolute atomic E-state index is 0. The molecular weight excluding hydrogens is 402 g/mol. The van der Waals surface area contributed by atoms with Crippen molar-refractivity contribution in [1.82, 2.24) is 0 Å². The van der Waals surface area contributed by atoms with Gasteiger partial charge >= 0.3 is 5.97 Å². The molecule has 0 rings (SSSR count). The first-order valence-electron chi connectivity index (χ1n) is 11.9. The van der Waals surface area contributed by atoms with Crippen molar-refractivity contribution in [2.45, 2.75) is 110 Å². The van der Waals surface area contributed by atoms with E-state index in [4.69, 9.17) is 4.74 Å². The van der Waals surface area contributed by atoms with Gasteiger partial charge in [0.1, 0.15) is 6.54 Å². The van der Waals surface area contributed by atoms with Gasteiger partial charge in [0, 0.05) is 12.4 Å². The van der Waals surface area contributed by atoms with Gasteiger partial charge in [0.25, 0.3) is 0 Å². The largest absolute Gasteiger partial charge is 0.550 e. The van der Waals surface area contributed by atoms with Crippen LogP contribution in [-0.4, -0.2) is 50.2 Å². The topological polar surface area (TPSA) is 66.4 Å². The third-order valence-corrected chi connectivity index (χ3v) is 5.32. The quantitative estimate of drug-likeness (QED) is 0.160. The number of unbranched alkanes of at least 4 members (excludes halogenated alkanes) is 11. The lowest BCUT2D eigenvalue weighted by atomic mass is 10.0. The van der Waals surface area contributed by atoms with E-state index in [1.807, 2.05) is 28.1 Å². The number of carbonyl (C=O) groups excluding carboxylic acids is 2. The summed E-state index contributed by atoms with van der Waals surface area (Å²) >= 11 is 0. The van der Waals surface area contributed by atoms with Crippen LogP contribution >= 0.6 is 12.4 Å². The van der Waals surface area contributed by atoms with E-state index >= 15 is 0 Å². The minimum atomic E-state index is -1.18. The molecule has 0 aliphatic rings. The van der Waals surface area contributed by atoms with Crippen LogP contribution < -0.4 is 5.11 Å². The molecule has 30 heavy (non-hydrogen) atoms. The van der Waals surface area contributed by atoms with Crippen molar-refractivity contribution in [3.63, 3.8) is 0 Å². The zero-order valence-corrected chi connectivity index (χ0v) is 21.1. The lowest BCUT2D eigenvalue weighted by Crippen LogP contribution is -2.45. The van der Waals surface area contributed by atoms with Crippen LogP contribution in [0.25, 0.3) is 0 Å². The van der Waals surface area contributed by atoms with E-state index in [1.54, 1.807) is 0 Å². The highest BCUT2D eigenvalue weighted by atomic mass is 35.5. The fourth-order valence-corrected chi connectivity index (χ4v) is 3.63. The van der Waals surface area contributed by atoms with Gasteiger partial charge in [-0.2, -0.15) is 0 Å². The first-order chi connectivity index (χ1) is 13.7. The average Bonchev–Trinajstić information content (AvgIpc) is 2.60. The number of nitrogens with zero attached hydrogens (tertiary/aromatic N) is 1. The molecular formula is C24H48ClNO4. The first-order valence-corrected chi connectivity index (χ1v) is 11.9. The Morgan fingerprint density at radius 1 is 0.833 bits per heavy atom. The fourth-order valence-electron chi connectivity index (χ4n) is 3.63. The van der Waals surface area contributed by atoms with Crippen molar-refractivity contribution >= 4 is 24.3 Å². The summed E-state index contributed by atoms with van der Waals surface area (Å²) in [5.41, 5.74) is 0. The van der Waals surface area contributed by atoms with Crippen molar-refractivity contribution < 1.29 is 23.9 Å². The summed E-state index contributed by atoms with van der Waals surface area (Å²) in [5, 5.41) is 10.9. The normalized spacial score (nSPS) is 13.4. The summed E-state index contributed by atoms with van der Waals surface area (Å²) in [5.74, 6) is -1.65. The molecule has 0 fully saturated rings. The highest BCUT2D eigenvalue weighted by Gasteiger charge is 2.24. The lowest BCUT2D eigenvalue weighted by Gasteiger charge is -2.29. The van der Waals surface area contributed by atoms with Crippen molar-refractivity contribution in [2.75, 3.05) is 27.7 Å². The first kappa shape index (κ1) is 31.4. The van der Waals surface area contributed by atoms with Gasteiger partial charge in [0.05, 0.1) is 27.1 Å². The molecule has 0 aromatic rings. The van der Waals surface area contributed by atoms with Crippen LogP contribution in [0.15, 0.2) is 0 Å². The van der Waals surface area contributed by atoms with E-state index < -0.39 is 12.1 Å². The molecule has 0 saturated heterocycles. The lowest BCUT2D eigenvalue weighted by molar-refractivity contribution is -0.873. The van der Waals surface area contributed by atoms with Crippen LogP contribution in [0.2, 0.25) is 0 Å². The molecule has 0 aromatic carbocycles. The Balaban J connectivity index is 0. The van der Waals surface area contributed by atoms with Crippen LogP contribution in [0, 0.1) is 5.92 Å². The second-order valence-corrected chi connectivity index (χ2v) is 9.69. The number of esters is 1. The van der Waals surface area contributed by atoms with Crippen molar-refractivity contribution in [1.29, 1.82) is 0 Å². The van der Waals surface area contributed by atoms with E-state index in [1.165, 1.54) is 64.2 Å². The van der Waals surface area contributed by atoms with E-state index in [9.17, 15) is 14.7 Å². The Hall–Kier alpha value is -0.810. The number of carboxylic acid groups (broad SMARTS) is 1. The molecule has 0 saturated carbocycles. The number of hydrogen-bond donors (Lipinski definition) is 0. The van der Waals surface area contributed by atoms with Crippen LogP contribution in [0.5, 0.6) is 0 Å². The Morgan fingerprint density at radius 2 is 1.27 bits per heavy atom. The van der Waals surface area contributed by atoms with Crippen molar-refractivity contribution in [3.8, 4) is 0 Å². The van der Waals surface area contributed by atoms with Gasteiger partial charge in [-0.05, 0) is 6.42 Å². The molecule has 0 radical (unpaired) electrons. The summed E-state index contributed by atoms with van der Waals surface area (Å²) in [7, 11) is 5.85. The highest BCUT2D eigenvalue weighted by molar-refractivity contribution is 5.85. The summed E-state index contributed by atoms with van der Waals surface area (Å²) in [6.07, 6.45) is 15.5. The number of carboxylic acids is 1. The standard InChI is InChI=1S/C24H47NO4.ClH/c1-6-7-8-9-10-11-12-13-14-15-16-17-18-21(2)24(28)29-22(19-23(26)27)20-25(3,4)5;/h21-22H,6-20H2,1-5H3;1H/t21?,22-;/m1./s1. The van der Waals surface area contributed by atoms with Gasteiger partial charge in [-0.25, -0.2) is 0 Å². The van der Waals surface area contributed by atoms with Gasteiger partial charge in [-0.15, -0.1) is 12.4 Å². The SMILES string of the molecule is CCCCCCCCCCCCCCC(C)C(=O)O[C@H](CC(=O)[O-])C[N+](C)(C)C.Cl. The maximum Gasteiger partial charge on any atom is 0.309 e. The zero-order chi connectivity index (χ0) is 22.1. The molecule has 0 aromatic heterocycles. The summed E-state index contributed by atoms with van der Waals surface area (Å²) in [6, 6.07) is 0. The molecule has 0 heterocycles. The molecule has 0 aliphatic heterocycles. The maximum absolute atomic E-state index is 12.3. The van der Waals surface area contributed by atoms with E-state index in [0.29, 0.717) is 11.0 Å². The summed E-state index contributed by atoms with van der Waals surface area (Å²) in [6.45, 7) is 4.60. The number of aliphatic carboxylic acids is 1. The predicted molar refractivity (Wildman–Crippen MR) is 125 cm³/mol. The molecule has 0 bridgehead atoms. The minimum Gasteiger partial charge on any atom is -0.550 e. The van der Waals surface area contributed by atoms with Gasteiger partial charge in [0.15, 0.2) is 6.10 Å². The number of likely N-dealkylation sites (N-methyl/N-ethyl adjacent to an activating group) is 1. The van der Waals surface area contributed by atoms with Gasteiger partial charge in [-0.1, -0.05) is 90.9 Å². The number of hydrogen-bond acceptors (Lipinski definition) is 4. The highest BCUT2D eigenvalue weighted by Crippen LogP contribution is 2.16. The fraction of sp³-hybridized carbons (Fsp3) is 0.917. The average molecular weight is 450 g/mol. The number of quaternary nitrogens is 1. The zero-order valence-electron chi connectivity index (χ0n) is 20.2. The molecule has 0 N–H and O–H groups in total. The molecule has 0 aliphatic carbocycles. The number of halogens is 1. The molecule has 0 spiro atoms. The number of rotatable bonds is 19. The van der Waals surface area contributed by atoms with E-state index in [0.717, 1.165) is 19.3 Å². The van der Waals surface area contributed by atoms with Crippen LogP contribution in [0.3, 0.4) is 0 Å². The molecule has 1 unspecified atom stereocenters. The van der Waals surface area contributed by atoms with Gasteiger partial charge in [-0.3, -0.25) is 4.79 Å². The molecule has 2 atom stereocenters. The second-order valence-electron chi connectivity index (χ2n) is 9.69. The van der Waals surface area contributed by atoms with Gasteiger partial charge < -0.3 is 19.1 Å². The molecule has 0 amide bonds. The Bertz CT molecular complexity index is 437. The predicted octanol–water partition coefficient (Wildman–Crippen LogP) is 4.89. The van der Waals surface area contributed by atoms with E-state index in [2.05, 4.69) is 6.92 Å². The van der Waals surface area contributed by atoms with Crippen LogP contribution in [0.1, 0.15) is 104 Å². The summed E-state index contributed by atoms with van der Waals surface area (Å²) in [4.78, 5) is 23.2. The van der Waals surface area contributed by atoms with Gasteiger partial charge in [0.2, 0.25) is 0 Å². The third-order valence-electron chi connectivity index (χ3n) is 5.32. The van der Waals surface area contributed by atoms with Crippen molar-refractivity contribution in [3.05, 3.63) is 0 Å². The Kier molecular flexibility index (Phi) is 19.8. The Labute approximate surface area is 191 Å². The summed E-state index contributed by atoms with van der Waals surface area (Å²) < 4.78 is 6.02. The van der Waals surface area contributed by atoms with E-state index in [-0.39, 0.29) is 30.7 Å². The smallest absolute Gasteiger partial charge is 0.309 e. The second kappa shape index (κ2) is 18.9. The van der Waals surface area contributed by atoms with Crippen molar-refractivity contribution in [2.24, 2.45) is 5.92 Å². The molecule has 5 nitrogen and oxygen atoms in total. The monoisotopic (exact) mass is 449 g/mol. The Morgan fingerprint density at radius 3 is 1.67 bits per heavy atom. The number of ether oxygens (including phenoxy) is 1. The number of carbonyl (C=O) groups is 2.